The van der Waals surface area contributed by atoms with Crippen molar-refractivity contribution in [1.29, 1.82) is 0 Å². The van der Waals surface area contributed by atoms with Gasteiger partial charge in [0.25, 0.3) is 0 Å². The summed E-state index contributed by atoms with van der Waals surface area (Å²) in [7, 11) is 3.45. The minimum Gasteiger partial charge on any atom is -0.496 e. The summed E-state index contributed by atoms with van der Waals surface area (Å²) in [6.07, 6.45) is 0.713. The van der Waals surface area contributed by atoms with Gasteiger partial charge in [-0.05, 0) is 36.5 Å². The Labute approximate surface area is 134 Å². The third-order valence-corrected chi connectivity index (χ3v) is 3.30. The van der Waals surface area contributed by atoms with Gasteiger partial charge in [-0.25, -0.2) is 0 Å². The van der Waals surface area contributed by atoms with Crippen molar-refractivity contribution < 1.29 is 9.53 Å². The summed E-state index contributed by atoms with van der Waals surface area (Å²) in [4.78, 5) is 13.9. The third kappa shape index (κ3) is 5.94. The van der Waals surface area contributed by atoms with Gasteiger partial charge in [0.05, 0.1) is 13.2 Å². The number of halogens is 1. The lowest BCUT2D eigenvalue weighted by Crippen LogP contribution is -2.42. The summed E-state index contributed by atoms with van der Waals surface area (Å²) in [6.45, 7) is 6.70. The summed E-state index contributed by atoms with van der Waals surface area (Å²) in [5.41, 5.74) is 8.08. The number of ether oxygens (including phenoxy) is 1. The zero-order chi connectivity index (χ0) is 15.3. The first-order chi connectivity index (χ1) is 9.35. The number of hydrogen-bond donors (Lipinski definition) is 1. The fraction of sp³-hybridized carbons (Fsp3) is 0.562. The van der Waals surface area contributed by atoms with Gasteiger partial charge >= 0.3 is 0 Å². The zero-order valence-electron chi connectivity index (χ0n) is 13.6. The van der Waals surface area contributed by atoms with Crippen LogP contribution in [-0.2, 0) is 11.3 Å². The molecule has 0 saturated heterocycles. The minimum absolute atomic E-state index is 0. The van der Waals surface area contributed by atoms with Gasteiger partial charge in [-0.2, -0.15) is 0 Å². The first-order valence-corrected chi connectivity index (χ1v) is 6.99. The second-order valence-electron chi connectivity index (χ2n) is 5.73. The van der Waals surface area contributed by atoms with Gasteiger partial charge in [0.2, 0.25) is 5.91 Å². The van der Waals surface area contributed by atoms with Crippen molar-refractivity contribution in [2.24, 2.45) is 11.7 Å². The van der Waals surface area contributed by atoms with Crippen LogP contribution >= 0.6 is 12.4 Å². The smallest absolute Gasteiger partial charge is 0.239 e. The molecule has 1 amide bonds. The Morgan fingerprint density at radius 1 is 1.38 bits per heavy atom. The number of carbonyl (C=O) groups excluding carboxylic acids is 1. The van der Waals surface area contributed by atoms with Crippen molar-refractivity contribution in [3.63, 3.8) is 0 Å². The van der Waals surface area contributed by atoms with E-state index in [9.17, 15) is 4.79 Å². The molecule has 120 valence electrons. The molecule has 0 aliphatic carbocycles. The number of nitrogens with two attached hydrogens (primary N) is 1. The number of likely N-dealkylation sites (N-methyl/N-ethyl adjacent to an activating group) is 1. The molecule has 0 bridgehead atoms. The first kappa shape index (κ1) is 19.7. The topological polar surface area (TPSA) is 55.6 Å². The van der Waals surface area contributed by atoms with E-state index in [1.807, 2.05) is 25.1 Å². The molecule has 0 unspecified atom stereocenters. The Balaban J connectivity index is 0.00000400. The summed E-state index contributed by atoms with van der Waals surface area (Å²) >= 11 is 0. The molecule has 0 fully saturated rings. The highest BCUT2D eigenvalue weighted by molar-refractivity contribution is 5.85. The van der Waals surface area contributed by atoms with Crippen molar-refractivity contribution in [3.8, 4) is 5.75 Å². The molecule has 0 spiro atoms. The van der Waals surface area contributed by atoms with Crippen LogP contribution in [0.15, 0.2) is 18.2 Å². The quantitative estimate of drug-likeness (QED) is 0.878. The van der Waals surface area contributed by atoms with E-state index in [2.05, 4.69) is 13.8 Å². The lowest BCUT2D eigenvalue weighted by molar-refractivity contribution is -0.132. The molecule has 0 aliphatic heterocycles. The van der Waals surface area contributed by atoms with Crippen LogP contribution in [0, 0.1) is 12.8 Å². The monoisotopic (exact) mass is 314 g/mol. The SMILES string of the molecule is COc1ccc(CN(C)C(=O)[C@@H](N)CC(C)C)cc1C.Cl. The van der Waals surface area contributed by atoms with Gasteiger partial charge in [0.15, 0.2) is 0 Å². The maximum Gasteiger partial charge on any atom is 0.239 e. The molecule has 0 aliphatic rings. The molecule has 1 atom stereocenters. The molecular formula is C16H27ClN2O2. The highest BCUT2D eigenvalue weighted by Crippen LogP contribution is 2.19. The lowest BCUT2D eigenvalue weighted by Gasteiger charge is -2.22. The number of amides is 1. The van der Waals surface area contributed by atoms with Gasteiger partial charge in [-0.15, -0.1) is 12.4 Å². The maximum atomic E-state index is 12.2. The van der Waals surface area contributed by atoms with Gasteiger partial charge in [0.1, 0.15) is 5.75 Å². The van der Waals surface area contributed by atoms with Crippen molar-refractivity contribution >= 4 is 18.3 Å². The van der Waals surface area contributed by atoms with Crippen LogP contribution in [0.25, 0.3) is 0 Å². The Hall–Kier alpha value is -1.26. The fourth-order valence-corrected chi connectivity index (χ4v) is 2.28. The predicted molar refractivity (Wildman–Crippen MR) is 88.9 cm³/mol. The minimum atomic E-state index is -0.417. The summed E-state index contributed by atoms with van der Waals surface area (Å²) in [5, 5.41) is 0. The van der Waals surface area contributed by atoms with E-state index in [1.165, 1.54) is 0 Å². The largest absolute Gasteiger partial charge is 0.496 e. The Bertz CT molecular complexity index is 464. The van der Waals surface area contributed by atoms with E-state index in [1.54, 1.807) is 19.1 Å². The number of nitrogens with zero attached hydrogens (tertiary/aromatic N) is 1. The van der Waals surface area contributed by atoms with E-state index in [-0.39, 0.29) is 18.3 Å². The number of carbonyl (C=O) groups is 1. The molecule has 1 aromatic rings. The number of benzene rings is 1. The van der Waals surface area contributed by atoms with Crippen LogP contribution in [0.2, 0.25) is 0 Å². The van der Waals surface area contributed by atoms with Crippen molar-refractivity contribution in [1.82, 2.24) is 4.90 Å². The third-order valence-electron chi connectivity index (χ3n) is 3.30. The van der Waals surface area contributed by atoms with E-state index in [0.29, 0.717) is 18.9 Å². The molecule has 2 N–H and O–H groups in total. The molecule has 0 saturated carbocycles. The van der Waals surface area contributed by atoms with E-state index in [0.717, 1.165) is 16.9 Å². The molecule has 4 nitrogen and oxygen atoms in total. The lowest BCUT2D eigenvalue weighted by atomic mass is 10.0. The average Bonchev–Trinajstić information content (AvgIpc) is 2.37. The van der Waals surface area contributed by atoms with E-state index in [4.69, 9.17) is 10.5 Å². The number of aryl methyl sites for hydroxylation is 1. The normalized spacial score (nSPS) is 11.8. The Morgan fingerprint density at radius 2 is 2.00 bits per heavy atom. The molecule has 0 aromatic heterocycles. The van der Waals surface area contributed by atoms with E-state index < -0.39 is 6.04 Å². The van der Waals surface area contributed by atoms with E-state index >= 15 is 0 Å². The van der Waals surface area contributed by atoms with Gasteiger partial charge in [-0.3, -0.25) is 4.79 Å². The van der Waals surface area contributed by atoms with Crippen molar-refractivity contribution in [2.75, 3.05) is 14.2 Å². The van der Waals surface area contributed by atoms with Crippen LogP contribution in [-0.4, -0.2) is 31.0 Å². The molecule has 21 heavy (non-hydrogen) atoms. The van der Waals surface area contributed by atoms with Crippen LogP contribution in [0.3, 0.4) is 0 Å². The summed E-state index contributed by atoms with van der Waals surface area (Å²) in [5.74, 6) is 1.27. The number of hydrogen-bond acceptors (Lipinski definition) is 3. The molecule has 0 radical (unpaired) electrons. The van der Waals surface area contributed by atoms with Gasteiger partial charge in [0, 0.05) is 13.6 Å². The summed E-state index contributed by atoms with van der Waals surface area (Å²) < 4.78 is 5.23. The van der Waals surface area contributed by atoms with Gasteiger partial charge < -0.3 is 15.4 Å². The van der Waals surface area contributed by atoms with Crippen LogP contribution in [0.5, 0.6) is 5.75 Å². The Kier molecular flexibility index (Phi) is 8.37. The van der Waals surface area contributed by atoms with Crippen molar-refractivity contribution in [3.05, 3.63) is 29.3 Å². The first-order valence-electron chi connectivity index (χ1n) is 6.99. The van der Waals surface area contributed by atoms with Crippen LogP contribution < -0.4 is 10.5 Å². The summed E-state index contributed by atoms with van der Waals surface area (Å²) in [6, 6.07) is 5.52. The predicted octanol–water partition coefficient (Wildman–Crippen LogP) is 2.76. The van der Waals surface area contributed by atoms with Crippen LogP contribution in [0.4, 0.5) is 0 Å². The maximum absolute atomic E-state index is 12.2. The number of rotatable bonds is 6. The van der Waals surface area contributed by atoms with Crippen molar-refractivity contribution in [2.45, 2.75) is 39.8 Å². The molecule has 1 rings (SSSR count). The zero-order valence-corrected chi connectivity index (χ0v) is 14.4. The highest BCUT2D eigenvalue weighted by Gasteiger charge is 2.19. The Morgan fingerprint density at radius 3 is 2.48 bits per heavy atom. The second kappa shape index (κ2) is 8.90. The molecule has 0 heterocycles. The second-order valence-corrected chi connectivity index (χ2v) is 5.73. The average molecular weight is 315 g/mol. The number of methoxy groups -OCH3 is 1. The molecule has 1 aromatic carbocycles. The highest BCUT2D eigenvalue weighted by atomic mass is 35.5. The molecular weight excluding hydrogens is 288 g/mol. The standard InChI is InChI=1S/C16H26N2O2.ClH/c1-11(2)8-14(17)16(19)18(4)10-13-6-7-15(20-5)12(3)9-13;/h6-7,9,11,14H,8,10,17H2,1-5H3;1H/t14-;/m0./s1. The van der Waals surface area contributed by atoms with Crippen LogP contribution in [0.1, 0.15) is 31.4 Å². The fourth-order valence-electron chi connectivity index (χ4n) is 2.28. The molecule has 5 heteroatoms. The van der Waals surface area contributed by atoms with Gasteiger partial charge in [-0.1, -0.05) is 26.0 Å².